The Morgan fingerprint density at radius 3 is 0.878 bits per heavy atom. The molecule has 139 heavy (non-hydrogen) atoms. The molecule has 0 N–H and O–H groups in total. The fraction of sp³-hybridized carbons (Fsp3) is 0.421. The molecule has 0 aromatic heterocycles. The Balaban J connectivity index is 0.000000148. The second-order valence-electron chi connectivity index (χ2n) is 34.9. The molecule has 750 valence electrons. The van der Waals surface area contributed by atoms with Crippen molar-refractivity contribution in [1.29, 1.82) is 5.26 Å². The lowest BCUT2D eigenvalue weighted by Crippen LogP contribution is -2.57. The van der Waals surface area contributed by atoms with Crippen molar-refractivity contribution in [2.45, 2.75) is 159 Å². The predicted molar refractivity (Wildman–Crippen MR) is 499 cm³/mol. The lowest BCUT2D eigenvalue weighted by atomic mass is 9.75. The standard InChI is InChI=1S/C26H23ClF2O6S2.2C23H25ClF2O6S2.C23H23F2NO6S2/c27-17-6-8-19(9-7-17)37(32,33)26-13-14-34-23(12-15-36(30,31)18-4-2-1-3-5-18)20(26)16-35-25-22(29)11-10-21(28)24(25)26;1-14(2)33(27,28)12-9-20-17-13-32-22-19(26)8-7-18(25)21(22)23(17,10-11-31-20)34(29,30)16-5-3-15(24)4-6-16;1-2-12-33(27,28)13-9-20-17-14-32-22-19(26)8-7-18(25)21(22)23(17,10-11-31-20)34(29,30)16-5-3-15(24)4-6-16;1-2-33(27,28)12-9-20-17-14-32-22-19(25)8-7-18(24)21(22)23(17,10-11-31-20)34(29,30)16-5-3-15(13-26)4-6-16/h1-11,20,23H,12-16H2;3-8,14,17,20H,9-13H2,1-2H3;3-8,17,20H,2,9-14H2,1H3;3-8,17,20H,2,9-12,14H2,1H3/t20-,23-,26-;3*17-,20-,23-/m0000/s1. The number of rotatable bonds is 25. The van der Waals surface area contributed by atoms with Crippen LogP contribution in [0.15, 0.2) is 200 Å². The first-order valence-electron chi connectivity index (χ1n) is 44.2. The molecular weight excluding hydrogens is 2050 g/mol. The number of fused-ring (bicyclic) bond motifs is 12. The van der Waals surface area contributed by atoms with E-state index >= 15 is 17.6 Å². The van der Waals surface area contributed by atoms with E-state index in [1.165, 1.54) is 116 Å². The number of halogens is 11. The quantitative estimate of drug-likeness (QED) is 0.0480. The van der Waals surface area contributed by atoms with E-state index in [0.29, 0.717) is 21.5 Å². The van der Waals surface area contributed by atoms with Crippen LogP contribution >= 0.6 is 34.8 Å². The summed E-state index contributed by atoms with van der Waals surface area (Å²) in [6.07, 6.45) is -3.73. The Kier molecular flexibility index (Phi) is 31.8. The lowest BCUT2D eigenvalue weighted by Gasteiger charge is -2.50. The van der Waals surface area contributed by atoms with Gasteiger partial charge in [0.2, 0.25) is 0 Å². The van der Waals surface area contributed by atoms with Crippen LogP contribution in [0, 0.1) is 81.5 Å². The van der Waals surface area contributed by atoms with Crippen LogP contribution in [0.5, 0.6) is 23.0 Å². The topological polar surface area (TPSA) is 371 Å². The van der Waals surface area contributed by atoms with Crippen molar-refractivity contribution < 1.29 is 140 Å². The molecule has 9 aromatic rings. The minimum Gasteiger partial charge on any atom is -0.490 e. The monoisotopic (exact) mass is 2150 g/mol. The third kappa shape index (κ3) is 20.0. The summed E-state index contributed by atoms with van der Waals surface area (Å²) in [6.45, 7) is 4.90. The summed E-state index contributed by atoms with van der Waals surface area (Å²) in [4.78, 5) is -0.346. The second kappa shape index (κ2) is 41.6. The predicted octanol–water partition coefficient (Wildman–Crippen LogP) is 16.7. The zero-order valence-electron chi connectivity index (χ0n) is 74.9. The first-order valence-corrected chi connectivity index (χ1v) is 58.2. The highest BCUT2D eigenvalue weighted by atomic mass is 35.5. The van der Waals surface area contributed by atoms with Crippen molar-refractivity contribution in [2.24, 2.45) is 23.7 Å². The minimum atomic E-state index is -4.38. The molecule has 4 fully saturated rings. The zero-order valence-corrected chi connectivity index (χ0v) is 83.7. The van der Waals surface area contributed by atoms with Gasteiger partial charge in [0.25, 0.3) is 0 Å². The van der Waals surface area contributed by atoms with Crippen LogP contribution in [-0.2, 0) is 117 Å². The summed E-state index contributed by atoms with van der Waals surface area (Å²) in [6, 6.07) is 38.4. The summed E-state index contributed by atoms with van der Waals surface area (Å²) in [5, 5.41) is 9.41. The van der Waals surface area contributed by atoms with Gasteiger partial charge in [0.05, 0.1) is 137 Å². The molecule has 17 rings (SSSR count). The molecule has 25 nitrogen and oxygen atoms in total. The van der Waals surface area contributed by atoms with Gasteiger partial charge in [0, 0.05) is 76.7 Å². The van der Waals surface area contributed by atoms with E-state index in [0.717, 1.165) is 48.5 Å². The van der Waals surface area contributed by atoms with Gasteiger partial charge < -0.3 is 37.9 Å². The van der Waals surface area contributed by atoms with Gasteiger partial charge in [-0.25, -0.2) is 102 Å². The molecule has 44 heteroatoms. The van der Waals surface area contributed by atoms with Gasteiger partial charge in [0.1, 0.15) is 61.9 Å². The Bertz CT molecular complexity index is 7160. The fourth-order valence-electron chi connectivity index (χ4n) is 20.1. The first kappa shape index (κ1) is 106. The molecule has 9 aromatic carbocycles. The van der Waals surface area contributed by atoms with Crippen molar-refractivity contribution in [3.05, 3.63) is 265 Å². The molecule has 4 saturated heterocycles. The third-order valence-corrected chi connectivity index (χ3v) is 45.8. The van der Waals surface area contributed by atoms with Crippen molar-refractivity contribution in [2.75, 3.05) is 87.4 Å². The molecule has 8 heterocycles. The summed E-state index contributed by atoms with van der Waals surface area (Å²) >= 11 is 17.9. The molecule has 0 amide bonds. The van der Waals surface area contributed by atoms with Gasteiger partial charge >= 0.3 is 0 Å². The average molecular weight is 2150 g/mol. The highest BCUT2D eigenvalue weighted by Crippen LogP contribution is 2.62. The van der Waals surface area contributed by atoms with Gasteiger partial charge in [-0.2, -0.15) is 5.26 Å². The van der Waals surface area contributed by atoms with E-state index in [9.17, 15) is 84.9 Å². The smallest absolute Gasteiger partial charge is 0.189 e. The van der Waals surface area contributed by atoms with Crippen molar-refractivity contribution in [3.8, 4) is 29.1 Å². The zero-order chi connectivity index (χ0) is 101. The molecule has 0 radical (unpaired) electrons. The third-order valence-electron chi connectivity index (χ3n) is 27.1. The Labute approximate surface area is 816 Å². The Hall–Kier alpha value is -8.58. The van der Waals surface area contributed by atoms with Crippen LogP contribution in [0.1, 0.15) is 113 Å². The van der Waals surface area contributed by atoms with E-state index in [4.69, 9.17) is 78.0 Å². The summed E-state index contributed by atoms with van der Waals surface area (Å²) in [5.41, 5.74) is -1.30. The van der Waals surface area contributed by atoms with Crippen molar-refractivity contribution in [3.63, 3.8) is 0 Å². The number of hydrogen-bond acceptors (Lipinski definition) is 25. The Morgan fingerprint density at radius 2 is 0.604 bits per heavy atom. The van der Waals surface area contributed by atoms with Crippen LogP contribution in [0.25, 0.3) is 0 Å². The number of nitriles is 1. The molecular formula is C95H96Cl3F8NO24S8. The second-order valence-corrected chi connectivity index (χ2v) is 54.6. The van der Waals surface area contributed by atoms with Crippen LogP contribution in [0.2, 0.25) is 15.1 Å². The van der Waals surface area contributed by atoms with E-state index in [2.05, 4.69) is 0 Å². The van der Waals surface area contributed by atoms with Crippen LogP contribution in [-0.4, -0.2) is 184 Å². The highest BCUT2D eigenvalue weighted by molar-refractivity contribution is 7.94. The maximum atomic E-state index is 15.4. The van der Waals surface area contributed by atoms with E-state index in [1.54, 1.807) is 39.0 Å². The SMILES string of the molecule is CC(C)S(=O)(=O)CC[C@@H]1OCC[C@@]2(S(=O)(=O)c3ccc(Cl)cc3)c3c(F)ccc(F)c3OC[C@@H]12.CCCS(=O)(=O)CC[C@@H]1OCC[C@@]2(S(=O)(=O)c3ccc(Cl)cc3)c3c(F)ccc(F)c3OC[C@@H]12.CCS(=O)(=O)CC[C@@H]1OCC[C@@]2(S(=O)(=O)c3ccc(C#N)cc3)c3c(F)ccc(F)c3OC[C@@H]12.O=S(=O)(CC[C@@H]1OCC[C@@]2(S(=O)(=O)c3ccc(Cl)cc3)c3c(F)ccc(F)c3OC[C@@H]12)c1ccccc1. The molecule has 0 unspecified atom stereocenters. The van der Waals surface area contributed by atoms with Gasteiger partial charge in [-0.15, -0.1) is 0 Å². The number of sulfone groups is 8. The molecule has 0 aliphatic carbocycles. The minimum absolute atomic E-state index is 0.00129. The fourth-order valence-corrected chi connectivity index (χ4v) is 34.5. The largest absolute Gasteiger partial charge is 0.490 e. The summed E-state index contributed by atoms with van der Waals surface area (Å²) in [5.74, 6) is -14.0. The van der Waals surface area contributed by atoms with Crippen LogP contribution in [0.4, 0.5) is 35.1 Å². The number of hydrogen-bond donors (Lipinski definition) is 0. The summed E-state index contributed by atoms with van der Waals surface area (Å²) < 4.78 is 371. The highest BCUT2D eigenvalue weighted by Gasteiger charge is 2.67. The van der Waals surface area contributed by atoms with E-state index in [1.807, 2.05) is 6.07 Å². The first-order chi connectivity index (χ1) is 65.6. The van der Waals surface area contributed by atoms with Gasteiger partial charge in [-0.1, -0.05) is 66.8 Å². The summed E-state index contributed by atoms with van der Waals surface area (Å²) in [7, 11) is -31.3. The van der Waals surface area contributed by atoms with E-state index in [-0.39, 0.29) is 180 Å². The van der Waals surface area contributed by atoms with Gasteiger partial charge in [-0.05, 0) is 229 Å². The molecule has 8 aliphatic heterocycles. The number of nitrogens with zero attached hydrogens (tertiary/aromatic N) is 1. The maximum Gasteiger partial charge on any atom is 0.189 e. The average Bonchev–Trinajstić information content (AvgIpc) is 0.709. The number of benzene rings is 9. The Morgan fingerprint density at radius 1 is 0.338 bits per heavy atom. The van der Waals surface area contributed by atoms with Crippen LogP contribution in [0.3, 0.4) is 0 Å². The van der Waals surface area contributed by atoms with E-state index < -0.39 is 232 Å². The van der Waals surface area contributed by atoms with Gasteiger partial charge in [-0.3, -0.25) is 0 Å². The molecule has 8 aliphatic rings. The molecule has 0 bridgehead atoms. The lowest BCUT2D eigenvalue weighted by molar-refractivity contribution is -0.0733. The maximum absolute atomic E-state index is 15.4. The van der Waals surface area contributed by atoms with Crippen LogP contribution < -0.4 is 18.9 Å². The van der Waals surface area contributed by atoms with Gasteiger partial charge in [0.15, 0.2) is 105 Å². The number of ether oxygens (including phenoxy) is 8. The molecule has 0 spiro atoms. The normalized spacial score (nSPS) is 24.4. The molecule has 12 atom stereocenters. The molecule has 0 saturated carbocycles. The van der Waals surface area contributed by atoms with Crippen molar-refractivity contribution in [1.82, 2.24) is 0 Å². The van der Waals surface area contributed by atoms with Crippen molar-refractivity contribution >= 4 is 114 Å².